The molecule has 5 nitrogen and oxygen atoms in total. The van der Waals surface area contributed by atoms with E-state index in [2.05, 4.69) is 39.8 Å². The molecule has 1 fully saturated rings. The molecule has 21 heavy (non-hydrogen) atoms. The lowest BCUT2D eigenvalue weighted by Gasteiger charge is -2.21. The normalized spacial score (nSPS) is 14.3. The minimum Gasteiger partial charge on any atom is -0.371 e. The summed E-state index contributed by atoms with van der Waals surface area (Å²) >= 11 is 0. The second-order valence-electron chi connectivity index (χ2n) is 5.63. The molecule has 0 atom stereocenters. The molecular weight excluding hydrogens is 264 g/mol. The Hall–Kier alpha value is -1.75. The lowest BCUT2D eigenvalue weighted by atomic mass is 10.1. The number of amides is 2. The summed E-state index contributed by atoms with van der Waals surface area (Å²) in [6, 6.07) is 8.53. The van der Waals surface area contributed by atoms with Crippen molar-refractivity contribution < 1.29 is 4.79 Å². The average molecular weight is 290 g/mol. The number of benzene rings is 1. The lowest BCUT2D eigenvalue weighted by Crippen LogP contribution is -2.38. The van der Waals surface area contributed by atoms with E-state index in [1.165, 1.54) is 24.1 Å². The van der Waals surface area contributed by atoms with Crippen molar-refractivity contribution in [2.75, 3.05) is 45.2 Å². The van der Waals surface area contributed by atoms with Crippen LogP contribution in [-0.2, 0) is 6.54 Å². The highest BCUT2D eigenvalue weighted by atomic mass is 16.2. The molecule has 0 unspecified atom stereocenters. The minimum absolute atomic E-state index is 0.0470. The Morgan fingerprint density at radius 3 is 2.62 bits per heavy atom. The molecule has 1 aromatic rings. The number of nitrogens with one attached hydrogen (secondary N) is 2. The van der Waals surface area contributed by atoms with E-state index >= 15 is 0 Å². The van der Waals surface area contributed by atoms with E-state index in [1.54, 1.807) is 19.0 Å². The molecule has 1 aliphatic rings. The van der Waals surface area contributed by atoms with Crippen LogP contribution in [0.4, 0.5) is 10.5 Å². The number of urea groups is 1. The fraction of sp³-hybridized carbons (Fsp3) is 0.562. The van der Waals surface area contributed by atoms with Crippen molar-refractivity contribution in [1.82, 2.24) is 15.5 Å². The van der Waals surface area contributed by atoms with E-state index in [-0.39, 0.29) is 6.03 Å². The molecule has 0 aliphatic carbocycles. The standard InChI is InChI=1S/C16H26N4O/c1-19(2)16(21)18-10-9-17-13-14-7-3-4-8-15(14)20-11-5-6-12-20/h3-4,7-8,17H,5-6,9-13H2,1-2H3,(H,18,21). The van der Waals surface area contributed by atoms with Crippen LogP contribution in [-0.4, -0.2) is 51.2 Å². The predicted octanol–water partition coefficient (Wildman–Crippen LogP) is 1.65. The highest BCUT2D eigenvalue weighted by Crippen LogP contribution is 2.24. The molecule has 1 saturated heterocycles. The molecule has 116 valence electrons. The maximum atomic E-state index is 11.4. The van der Waals surface area contributed by atoms with Crippen molar-refractivity contribution in [2.45, 2.75) is 19.4 Å². The van der Waals surface area contributed by atoms with Gasteiger partial charge in [-0.2, -0.15) is 0 Å². The van der Waals surface area contributed by atoms with Crippen molar-refractivity contribution in [3.05, 3.63) is 29.8 Å². The molecule has 1 aromatic carbocycles. The molecule has 0 saturated carbocycles. The zero-order valence-electron chi connectivity index (χ0n) is 13.1. The number of nitrogens with zero attached hydrogens (tertiary/aromatic N) is 2. The fourth-order valence-electron chi connectivity index (χ4n) is 2.57. The predicted molar refractivity (Wildman–Crippen MR) is 86.7 cm³/mol. The Kier molecular flexibility index (Phi) is 5.87. The third kappa shape index (κ3) is 4.63. The van der Waals surface area contributed by atoms with Gasteiger partial charge >= 0.3 is 6.03 Å². The Labute approximate surface area is 127 Å². The fourth-order valence-corrected chi connectivity index (χ4v) is 2.57. The first-order valence-corrected chi connectivity index (χ1v) is 7.67. The highest BCUT2D eigenvalue weighted by Gasteiger charge is 2.14. The monoisotopic (exact) mass is 290 g/mol. The van der Waals surface area contributed by atoms with E-state index in [9.17, 15) is 4.79 Å². The maximum absolute atomic E-state index is 11.4. The zero-order valence-corrected chi connectivity index (χ0v) is 13.1. The number of hydrogen-bond donors (Lipinski definition) is 2. The summed E-state index contributed by atoms with van der Waals surface area (Å²) in [5, 5.41) is 6.25. The Morgan fingerprint density at radius 2 is 1.90 bits per heavy atom. The van der Waals surface area contributed by atoms with E-state index < -0.39 is 0 Å². The van der Waals surface area contributed by atoms with Crippen LogP contribution in [0.25, 0.3) is 0 Å². The van der Waals surface area contributed by atoms with Crippen molar-refractivity contribution >= 4 is 11.7 Å². The largest absolute Gasteiger partial charge is 0.371 e. The molecule has 2 amide bonds. The quantitative estimate of drug-likeness (QED) is 0.783. The summed E-state index contributed by atoms with van der Waals surface area (Å²) in [7, 11) is 3.49. The topological polar surface area (TPSA) is 47.6 Å². The first-order chi connectivity index (χ1) is 10.2. The molecule has 0 spiro atoms. The molecule has 5 heteroatoms. The maximum Gasteiger partial charge on any atom is 0.316 e. The third-order valence-electron chi connectivity index (χ3n) is 3.74. The van der Waals surface area contributed by atoms with Crippen LogP contribution in [0.1, 0.15) is 18.4 Å². The number of anilines is 1. The molecule has 2 rings (SSSR count). The van der Waals surface area contributed by atoms with Gasteiger partial charge in [0.2, 0.25) is 0 Å². The Morgan fingerprint density at radius 1 is 1.19 bits per heavy atom. The molecule has 0 bridgehead atoms. The second-order valence-corrected chi connectivity index (χ2v) is 5.63. The van der Waals surface area contributed by atoms with Gasteiger partial charge in [0.25, 0.3) is 0 Å². The van der Waals surface area contributed by atoms with Gasteiger partial charge in [0, 0.05) is 52.5 Å². The molecule has 1 aliphatic heterocycles. The second kappa shape index (κ2) is 7.88. The highest BCUT2D eigenvalue weighted by molar-refractivity contribution is 5.73. The first kappa shape index (κ1) is 15.6. The van der Waals surface area contributed by atoms with E-state index in [1.807, 2.05) is 0 Å². The number of para-hydroxylation sites is 1. The first-order valence-electron chi connectivity index (χ1n) is 7.67. The van der Waals surface area contributed by atoms with E-state index in [0.717, 1.165) is 26.2 Å². The Bertz CT molecular complexity index is 455. The van der Waals surface area contributed by atoms with Gasteiger partial charge in [-0.05, 0) is 24.5 Å². The molecule has 0 radical (unpaired) electrons. The zero-order chi connectivity index (χ0) is 15.1. The summed E-state index contributed by atoms with van der Waals surface area (Å²) in [6.45, 7) is 4.58. The SMILES string of the molecule is CN(C)C(=O)NCCNCc1ccccc1N1CCCC1. The number of carbonyl (C=O) groups excluding carboxylic acids is 1. The van der Waals surface area contributed by atoms with Gasteiger partial charge in [0.05, 0.1) is 0 Å². The van der Waals surface area contributed by atoms with Crippen LogP contribution in [0.15, 0.2) is 24.3 Å². The van der Waals surface area contributed by atoms with Crippen LogP contribution in [0.3, 0.4) is 0 Å². The summed E-state index contributed by atoms with van der Waals surface area (Å²) < 4.78 is 0. The molecular formula is C16H26N4O. The van der Waals surface area contributed by atoms with Crippen molar-refractivity contribution in [2.24, 2.45) is 0 Å². The van der Waals surface area contributed by atoms with E-state index in [4.69, 9.17) is 0 Å². The van der Waals surface area contributed by atoms with Crippen molar-refractivity contribution in [3.63, 3.8) is 0 Å². The minimum atomic E-state index is -0.0470. The third-order valence-corrected chi connectivity index (χ3v) is 3.74. The number of carbonyl (C=O) groups is 1. The van der Waals surface area contributed by atoms with Crippen LogP contribution >= 0.6 is 0 Å². The average Bonchev–Trinajstić information content (AvgIpc) is 3.01. The molecule has 1 heterocycles. The summed E-state index contributed by atoms with van der Waals surface area (Å²) in [5.74, 6) is 0. The van der Waals surface area contributed by atoms with Crippen molar-refractivity contribution in [1.29, 1.82) is 0 Å². The van der Waals surface area contributed by atoms with Crippen LogP contribution in [0.2, 0.25) is 0 Å². The molecule has 2 N–H and O–H groups in total. The lowest BCUT2D eigenvalue weighted by molar-refractivity contribution is 0.217. The van der Waals surface area contributed by atoms with Gasteiger partial charge in [-0.3, -0.25) is 0 Å². The van der Waals surface area contributed by atoms with Crippen molar-refractivity contribution in [3.8, 4) is 0 Å². The summed E-state index contributed by atoms with van der Waals surface area (Å²) in [5.41, 5.74) is 2.68. The van der Waals surface area contributed by atoms with Gasteiger partial charge in [-0.1, -0.05) is 18.2 Å². The van der Waals surface area contributed by atoms with Gasteiger partial charge < -0.3 is 20.4 Å². The summed E-state index contributed by atoms with van der Waals surface area (Å²) in [6.07, 6.45) is 2.58. The van der Waals surface area contributed by atoms with Crippen LogP contribution < -0.4 is 15.5 Å². The number of hydrogen-bond acceptors (Lipinski definition) is 3. The van der Waals surface area contributed by atoms with Gasteiger partial charge in [-0.25, -0.2) is 4.79 Å². The molecule has 0 aromatic heterocycles. The van der Waals surface area contributed by atoms with E-state index in [0.29, 0.717) is 6.54 Å². The Balaban J connectivity index is 1.77. The van der Waals surface area contributed by atoms with Gasteiger partial charge in [-0.15, -0.1) is 0 Å². The smallest absolute Gasteiger partial charge is 0.316 e. The van der Waals surface area contributed by atoms with Gasteiger partial charge in [0.1, 0.15) is 0 Å². The number of rotatable bonds is 6. The summed E-state index contributed by atoms with van der Waals surface area (Å²) in [4.78, 5) is 15.4. The van der Waals surface area contributed by atoms with Crippen LogP contribution in [0.5, 0.6) is 0 Å². The van der Waals surface area contributed by atoms with Crippen LogP contribution in [0, 0.1) is 0 Å². The van der Waals surface area contributed by atoms with Gasteiger partial charge in [0.15, 0.2) is 0 Å².